The first kappa shape index (κ1) is 15.3. The summed E-state index contributed by atoms with van der Waals surface area (Å²) in [4.78, 5) is 40.3. The van der Waals surface area contributed by atoms with Gasteiger partial charge in [-0.05, 0) is 11.6 Å². The lowest BCUT2D eigenvalue weighted by atomic mass is 9.77. The van der Waals surface area contributed by atoms with Crippen LogP contribution in [0.25, 0.3) is 0 Å². The zero-order valence-electron chi connectivity index (χ0n) is 13.9. The second-order valence-electron chi connectivity index (χ2n) is 7.02. The third-order valence-electron chi connectivity index (χ3n) is 5.73. The summed E-state index contributed by atoms with van der Waals surface area (Å²) < 4.78 is 0. The van der Waals surface area contributed by atoms with Gasteiger partial charge in [0.05, 0.1) is 18.4 Å². The summed E-state index contributed by atoms with van der Waals surface area (Å²) in [6, 6.07) is 16.8. The van der Waals surface area contributed by atoms with Gasteiger partial charge in [0, 0.05) is 17.8 Å². The Kier molecular flexibility index (Phi) is 3.09. The molecule has 3 atom stereocenters. The second kappa shape index (κ2) is 5.25. The van der Waals surface area contributed by atoms with Gasteiger partial charge in [-0.3, -0.25) is 24.6 Å². The molecule has 0 aromatic heterocycles. The highest BCUT2D eigenvalue weighted by atomic mass is 16.2. The van der Waals surface area contributed by atoms with E-state index in [1.807, 2.05) is 54.6 Å². The van der Waals surface area contributed by atoms with Gasteiger partial charge in [-0.2, -0.15) is 0 Å². The number of benzene rings is 2. The highest BCUT2D eigenvalue weighted by Crippen LogP contribution is 2.50. The van der Waals surface area contributed by atoms with Crippen molar-refractivity contribution in [2.45, 2.75) is 12.1 Å². The number of hydrogen-bond acceptors (Lipinski definition) is 4. The van der Waals surface area contributed by atoms with Crippen molar-refractivity contribution in [2.24, 2.45) is 11.8 Å². The van der Waals surface area contributed by atoms with Crippen LogP contribution in [0, 0.1) is 11.8 Å². The molecule has 3 heterocycles. The summed E-state index contributed by atoms with van der Waals surface area (Å²) in [6.07, 6.45) is 0. The topological polar surface area (TPSA) is 78.5 Å². The first-order valence-electron chi connectivity index (χ1n) is 8.68. The van der Waals surface area contributed by atoms with Crippen molar-refractivity contribution in [2.75, 3.05) is 11.9 Å². The van der Waals surface area contributed by atoms with Crippen LogP contribution in [-0.4, -0.2) is 29.2 Å². The van der Waals surface area contributed by atoms with Crippen LogP contribution in [0.5, 0.6) is 0 Å². The van der Waals surface area contributed by atoms with Gasteiger partial charge in [0.15, 0.2) is 0 Å². The van der Waals surface area contributed by atoms with Crippen molar-refractivity contribution >= 4 is 23.4 Å². The summed E-state index contributed by atoms with van der Waals surface area (Å²) in [5.74, 6) is -1.95. The summed E-state index contributed by atoms with van der Waals surface area (Å²) in [6.45, 7) is 0.563. The molecule has 0 aliphatic carbocycles. The monoisotopic (exact) mass is 347 g/mol. The number of nitrogens with zero attached hydrogens (tertiary/aromatic N) is 1. The molecular formula is C20H17N3O3. The van der Waals surface area contributed by atoms with Crippen LogP contribution in [-0.2, 0) is 26.5 Å². The molecule has 0 radical (unpaired) electrons. The van der Waals surface area contributed by atoms with E-state index >= 15 is 0 Å². The third-order valence-corrected chi connectivity index (χ3v) is 5.73. The number of hydrogen-bond donors (Lipinski definition) is 2. The lowest BCUT2D eigenvalue weighted by Gasteiger charge is -2.28. The van der Waals surface area contributed by atoms with Gasteiger partial charge in [-0.15, -0.1) is 0 Å². The summed E-state index contributed by atoms with van der Waals surface area (Å²) in [5.41, 5.74) is 1.19. The molecule has 0 saturated carbocycles. The third kappa shape index (κ3) is 1.82. The molecule has 0 bridgehead atoms. The molecular weight excluding hydrogens is 330 g/mol. The Morgan fingerprint density at radius 1 is 0.962 bits per heavy atom. The van der Waals surface area contributed by atoms with Gasteiger partial charge in [-0.25, -0.2) is 0 Å². The lowest BCUT2D eigenvalue weighted by Crippen LogP contribution is -2.51. The minimum atomic E-state index is -1.15. The van der Waals surface area contributed by atoms with Crippen LogP contribution in [0.15, 0.2) is 54.6 Å². The van der Waals surface area contributed by atoms with Crippen LogP contribution in [0.1, 0.15) is 11.1 Å². The molecule has 5 rings (SSSR count). The zero-order valence-corrected chi connectivity index (χ0v) is 13.9. The van der Waals surface area contributed by atoms with Gasteiger partial charge in [0.25, 0.3) is 0 Å². The Balaban J connectivity index is 1.55. The van der Waals surface area contributed by atoms with Crippen molar-refractivity contribution in [1.82, 2.24) is 10.2 Å². The van der Waals surface area contributed by atoms with Crippen molar-refractivity contribution < 1.29 is 14.4 Å². The Labute approximate surface area is 150 Å². The molecule has 3 aliphatic heterocycles. The fraction of sp³-hybridized carbons (Fsp3) is 0.250. The Morgan fingerprint density at radius 2 is 1.69 bits per heavy atom. The lowest BCUT2D eigenvalue weighted by molar-refractivity contribution is -0.143. The summed E-state index contributed by atoms with van der Waals surface area (Å²) in [7, 11) is 0. The quantitative estimate of drug-likeness (QED) is 0.801. The number of nitrogens with one attached hydrogen (secondary N) is 2. The van der Waals surface area contributed by atoms with Crippen LogP contribution in [0.3, 0.4) is 0 Å². The predicted molar refractivity (Wildman–Crippen MR) is 93.7 cm³/mol. The number of carbonyl (C=O) groups excluding carboxylic acids is 3. The molecule has 2 N–H and O–H groups in total. The van der Waals surface area contributed by atoms with E-state index in [9.17, 15) is 14.4 Å². The minimum absolute atomic E-state index is 0.203. The van der Waals surface area contributed by atoms with Crippen LogP contribution < -0.4 is 10.6 Å². The molecule has 130 valence electrons. The first-order valence-corrected chi connectivity index (χ1v) is 8.68. The van der Waals surface area contributed by atoms with Crippen molar-refractivity contribution in [3.63, 3.8) is 0 Å². The smallest absolute Gasteiger partial charge is 0.250 e. The highest BCUT2D eigenvalue weighted by molar-refractivity contribution is 6.14. The van der Waals surface area contributed by atoms with Crippen LogP contribution in [0.2, 0.25) is 0 Å². The Hall–Kier alpha value is -2.99. The number of imide groups is 1. The van der Waals surface area contributed by atoms with Gasteiger partial charge in [0.2, 0.25) is 17.7 Å². The number of anilines is 1. The van der Waals surface area contributed by atoms with Gasteiger partial charge in [-0.1, -0.05) is 48.5 Å². The Morgan fingerprint density at radius 3 is 2.50 bits per heavy atom. The first-order chi connectivity index (χ1) is 12.6. The van der Waals surface area contributed by atoms with E-state index in [-0.39, 0.29) is 24.3 Å². The summed E-state index contributed by atoms with van der Waals surface area (Å²) in [5, 5.41) is 6.06. The molecule has 2 aromatic rings. The molecule has 6 nitrogen and oxygen atoms in total. The molecule has 2 aromatic carbocycles. The zero-order chi connectivity index (χ0) is 17.9. The van der Waals surface area contributed by atoms with E-state index in [1.54, 1.807) is 0 Å². The van der Waals surface area contributed by atoms with E-state index in [2.05, 4.69) is 10.6 Å². The molecule has 26 heavy (non-hydrogen) atoms. The number of amides is 3. The molecule has 3 amide bonds. The van der Waals surface area contributed by atoms with Gasteiger partial charge < -0.3 is 5.32 Å². The largest absolute Gasteiger partial charge is 0.324 e. The minimum Gasteiger partial charge on any atom is -0.324 e. The molecule has 6 heteroatoms. The number of likely N-dealkylation sites (tertiary alicyclic amines) is 1. The number of fused-ring (bicyclic) bond motifs is 4. The van der Waals surface area contributed by atoms with Crippen LogP contribution >= 0.6 is 0 Å². The predicted octanol–water partition coefficient (Wildman–Crippen LogP) is 1.24. The Bertz CT molecular complexity index is 942. The maximum atomic E-state index is 13.2. The molecule has 3 aliphatic rings. The van der Waals surface area contributed by atoms with E-state index < -0.39 is 17.4 Å². The molecule has 1 spiro atoms. The highest BCUT2D eigenvalue weighted by Gasteiger charge is 2.67. The second-order valence-corrected chi connectivity index (χ2v) is 7.02. The average molecular weight is 347 g/mol. The van der Waals surface area contributed by atoms with Gasteiger partial charge >= 0.3 is 0 Å². The molecule has 2 fully saturated rings. The normalized spacial score (nSPS) is 29.2. The number of carbonyl (C=O) groups is 3. The fourth-order valence-corrected chi connectivity index (χ4v) is 4.55. The van der Waals surface area contributed by atoms with Gasteiger partial charge in [0.1, 0.15) is 5.54 Å². The standard InChI is InChI=1S/C20H17N3O3/c24-17-13-10-21-20(14-8-4-5-9-15(14)22-19(20)26)16(13)18(25)23(17)11-12-6-2-1-3-7-12/h1-9,13,16,21H,10-11H2,(H,22,26)/t13-,16+,20-/m1/s1. The van der Waals surface area contributed by atoms with Crippen molar-refractivity contribution in [3.05, 3.63) is 65.7 Å². The maximum Gasteiger partial charge on any atom is 0.250 e. The maximum absolute atomic E-state index is 13.2. The fourth-order valence-electron chi connectivity index (χ4n) is 4.55. The van der Waals surface area contributed by atoms with Crippen LogP contribution in [0.4, 0.5) is 5.69 Å². The number of para-hydroxylation sites is 1. The SMILES string of the molecule is O=C1[C@@H]2[C@@H](CN[C@@]23C(=O)Nc2ccccc23)C(=O)N1Cc1ccccc1. The van der Waals surface area contributed by atoms with E-state index in [0.29, 0.717) is 12.2 Å². The summed E-state index contributed by atoms with van der Waals surface area (Å²) >= 11 is 0. The van der Waals surface area contributed by atoms with Crippen molar-refractivity contribution in [3.8, 4) is 0 Å². The van der Waals surface area contributed by atoms with Crippen molar-refractivity contribution in [1.29, 1.82) is 0 Å². The van der Waals surface area contributed by atoms with E-state index in [4.69, 9.17) is 0 Å². The average Bonchev–Trinajstić information content (AvgIpc) is 3.26. The molecule has 2 saturated heterocycles. The van der Waals surface area contributed by atoms with E-state index in [0.717, 1.165) is 11.1 Å². The molecule has 0 unspecified atom stereocenters. The number of rotatable bonds is 2. The van der Waals surface area contributed by atoms with E-state index in [1.165, 1.54) is 4.90 Å².